The summed E-state index contributed by atoms with van der Waals surface area (Å²) in [5.74, 6) is -0.280. The van der Waals surface area contributed by atoms with Crippen molar-refractivity contribution in [3.8, 4) is 5.75 Å². The highest BCUT2D eigenvalue weighted by molar-refractivity contribution is 6.31. The van der Waals surface area contributed by atoms with E-state index >= 15 is 0 Å². The van der Waals surface area contributed by atoms with Crippen LogP contribution in [0.3, 0.4) is 0 Å². The van der Waals surface area contributed by atoms with Gasteiger partial charge in [0, 0.05) is 22.6 Å². The normalized spacial score (nSPS) is 13.3. The minimum atomic E-state index is -0.899. The number of ether oxygens (including phenoxy) is 1. The van der Waals surface area contributed by atoms with E-state index in [1.165, 1.54) is 0 Å². The van der Waals surface area contributed by atoms with Crippen molar-refractivity contribution >= 4 is 23.6 Å². The van der Waals surface area contributed by atoms with Crippen LogP contribution in [0.5, 0.6) is 5.75 Å². The lowest BCUT2D eigenvalue weighted by Crippen LogP contribution is -1.99. The monoisotopic (exact) mass is 224 g/mol. The lowest BCUT2D eigenvalue weighted by molar-refractivity contribution is -0.132. The van der Waals surface area contributed by atoms with Gasteiger partial charge in [-0.15, -0.1) is 0 Å². The summed E-state index contributed by atoms with van der Waals surface area (Å²) in [7, 11) is 1.54. The molecule has 0 amide bonds. The zero-order valence-corrected chi connectivity index (χ0v) is 8.84. The topological polar surface area (TPSA) is 46.5 Å². The van der Waals surface area contributed by atoms with Gasteiger partial charge in [0.1, 0.15) is 5.75 Å². The van der Waals surface area contributed by atoms with Crippen molar-refractivity contribution in [3.63, 3.8) is 0 Å². The van der Waals surface area contributed by atoms with E-state index in [0.717, 1.165) is 11.1 Å². The zero-order valence-electron chi connectivity index (χ0n) is 8.08. The average molecular weight is 225 g/mol. The zero-order chi connectivity index (χ0) is 11.0. The van der Waals surface area contributed by atoms with Crippen LogP contribution in [0, 0.1) is 0 Å². The number of rotatable bonds is 2. The largest absolute Gasteiger partial charge is 0.496 e. The Morgan fingerprint density at radius 1 is 1.53 bits per heavy atom. The van der Waals surface area contributed by atoms with E-state index < -0.39 is 5.97 Å². The first-order valence-corrected chi connectivity index (χ1v) is 4.80. The van der Waals surface area contributed by atoms with Crippen molar-refractivity contribution in [3.05, 3.63) is 33.9 Å². The van der Waals surface area contributed by atoms with E-state index in [4.69, 9.17) is 21.4 Å². The minimum absolute atomic E-state index is 0.366. The molecule has 0 saturated carbocycles. The highest BCUT2D eigenvalue weighted by Crippen LogP contribution is 2.35. The third-order valence-corrected chi connectivity index (χ3v) is 2.60. The first-order valence-electron chi connectivity index (χ1n) is 4.42. The molecule has 78 valence electrons. The van der Waals surface area contributed by atoms with Crippen LogP contribution in [-0.4, -0.2) is 18.2 Å². The molecule has 0 radical (unpaired) electrons. The van der Waals surface area contributed by atoms with Crippen molar-refractivity contribution < 1.29 is 14.6 Å². The molecule has 1 aromatic rings. The molecule has 0 atom stereocenters. The predicted molar refractivity (Wildman–Crippen MR) is 57.3 cm³/mol. The molecule has 0 saturated heterocycles. The second-order valence-corrected chi connectivity index (χ2v) is 3.77. The van der Waals surface area contributed by atoms with E-state index in [2.05, 4.69) is 0 Å². The smallest absolute Gasteiger partial charge is 0.331 e. The number of aliphatic carboxylic acids is 1. The van der Waals surface area contributed by atoms with Gasteiger partial charge in [0.15, 0.2) is 0 Å². The Kier molecular flexibility index (Phi) is 2.40. The Hall–Kier alpha value is -1.48. The summed E-state index contributed by atoms with van der Waals surface area (Å²) < 4.78 is 5.14. The van der Waals surface area contributed by atoms with Crippen molar-refractivity contribution in [2.24, 2.45) is 0 Å². The van der Waals surface area contributed by atoms with Crippen LogP contribution in [-0.2, 0) is 11.2 Å². The van der Waals surface area contributed by atoms with Gasteiger partial charge in [0.2, 0.25) is 0 Å². The molecule has 1 N–H and O–H groups in total. The van der Waals surface area contributed by atoms with Crippen molar-refractivity contribution in [2.75, 3.05) is 7.11 Å². The number of carboxylic acid groups (broad SMARTS) is 1. The molecule has 2 rings (SSSR count). The summed E-state index contributed by atoms with van der Waals surface area (Å²) in [6, 6.07) is 3.45. The molecule has 0 aromatic heterocycles. The van der Waals surface area contributed by atoms with Crippen LogP contribution in [0.25, 0.3) is 6.08 Å². The third kappa shape index (κ3) is 1.70. The standard InChI is InChI=1S/C11H9ClO3/c1-15-10-5-8(12)3-6-2-7(11(13)14)4-9(6)10/h3-5H,2H2,1H3,(H,13,14). The number of carboxylic acids is 1. The van der Waals surface area contributed by atoms with Crippen molar-refractivity contribution in [1.29, 1.82) is 0 Å². The van der Waals surface area contributed by atoms with Crippen LogP contribution in [0.2, 0.25) is 5.02 Å². The third-order valence-electron chi connectivity index (χ3n) is 2.39. The molecule has 3 nitrogen and oxygen atoms in total. The van der Waals surface area contributed by atoms with Crippen LogP contribution in [0.1, 0.15) is 11.1 Å². The molecule has 0 fully saturated rings. The highest BCUT2D eigenvalue weighted by atomic mass is 35.5. The predicted octanol–water partition coefficient (Wildman–Crippen LogP) is 2.37. The molecule has 0 bridgehead atoms. The molecule has 1 aliphatic carbocycles. The minimum Gasteiger partial charge on any atom is -0.496 e. The molecule has 1 aliphatic rings. The fraction of sp³-hybridized carbons (Fsp3) is 0.182. The molecular weight excluding hydrogens is 216 g/mol. The fourth-order valence-electron chi connectivity index (χ4n) is 1.69. The quantitative estimate of drug-likeness (QED) is 0.839. The summed E-state index contributed by atoms with van der Waals surface area (Å²) in [4.78, 5) is 10.8. The second kappa shape index (κ2) is 3.59. The lowest BCUT2D eigenvalue weighted by Gasteiger charge is -2.06. The summed E-state index contributed by atoms with van der Waals surface area (Å²) in [6.07, 6.45) is 2.04. The maximum atomic E-state index is 10.8. The van der Waals surface area contributed by atoms with Crippen molar-refractivity contribution in [1.82, 2.24) is 0 Å². The van der Waals surface area contributed by atoms with E-state index in [-0.39, 0.29) is 0 Å². The molecule has 4 heteroatoms. The van der Waals surface area contributed by atoms with Gasteiger partial charge in [-0.05, 0) is 23.8 Å². The molecule has 0 aliphatic heterocycles. The summed E-state index contributed by atoms with van der Waals surface area (Å²) in [5.41, 5.74) is 2.08. The Balaban J connectivity index is 2.51. The number of carbonyl (C=O) groups is 1. The Bertz CT molecular complexity index is 463. The summed E-state index contributed by atoms with van der Waals surface area (Å²) >= 11 is 5.88. The van der Waals surface area contributed by atoms with E-state index in [0.29, 0.717) is 22.8 Å². The summed E-state index contributed by atoms with van der Waals surface area (Å²) in [5, 5.41) is 9.44. The van der Waals surface area contributed by atoms with E-state index in [9.17, 15) is 4.79 Å². The van der Waals surface area contributed by atoms with Crippen LogP contribution >= 0.6 is 11.6 Å². The van der Waals surface area contributed by atoms with Crippen LogP contribution in [0.4, 0.5) is 0 Å². The molecular formula is C11H9ClO3. The molecule has 0 spiro atoms. The van der Waals surface area contributed by atoms with Gasteiger partial charge in [-0.3, -0.25) is 0 Å². The van der Waals surface area contributed by atoms with Gasteiger partial charge in [0.25, 0.3) is 0 Å². The lowest BCUT2D eigenvalue weighted by atomic mass is 10.1. The fourth-order valence-corrected chi connectivity index (χ4v) is 1.92. The van der Waals surface area contributed by atoms with Gasteiger partial charge in [-0.1, -0.05) is 11.6 Å². The number of benzene rings is 1. The molecule has 0 heterocycles. The number of hydrogen-bond acceptors (Lipinski definition) is 2. The number of hydrogen-bond donors (Lipinski definition) is 1. The van der Waals surface area contributed by atoms with Gasteiger partial charge >= 0.3 is 5.97 Å². The molecule has 1 aromatic carbocycles. The number of halogens is 1. The Labute approximate surface area is 91.9 Å². The van der Waals surface area contributed by atoms with Gasteiger partial charge in [0.05, 0.1) is 7.11 Å². The SMILES string of the molecule is COc1cc(Cl)cc2c1C=C(C(=O)O)C2. The maximum absolute atomic E-state index is 10.8. The van der Waals surface area contributed by atoms with E-state index in [1.54, 1.807) is 25.3 Å². The van der Waals surface area contributed by atoms with Gasteiger partial charge in [-0.25, -0.2) is 4.79 Å². The Morgan fingerprint density at radius 3 is 2.87 bits per heavy atom. The van der Waals surface area contributed by atoms with Crippen LogP contribution < -0.4 is 4.74 Å². The average Bonchev–Trinajstić information content (AvgIpc) is 2.59. The van der Waals surface area contributed by atoms with E-state index in [1.807, 2.05) is 0 Å². The molecule has 15 heavy (non-hydrogen) atoms. The molecule has 0 unspecified atom stereocenters. The number of methoxy groups -OCH3 is 1. The second-order valence-electron chi connectivity index (χ2n) is 3.33. The van der Waals surface area contributed by atoms with Crippen molar-refractivity contribution in [2.45, 2.75) is 6.42 Å². The first-order chi connectivity index (χ1) is 7.11. The van der Waals surface area contributed by atoms with Gasteiger partial charge < -0.3 is 9.84 Å². The maximum Gasteiger partial charge on any atom is 0.331 e. The highest BCUT2D eigenvalue weighted by Gasteiger charge is 2.21. The summed E-state index contributed by atoms with van der Waals surface area (Å²) in [6.45, 7) is 0. The first kappa shape index (κ1) is 10.1. The van der Waals surface area contributed by atoms with Gasteiger partial charge in [-0.2, -0.15) is 0 Å². The number of fused-ring (bicyclic) bond motifs is 1. The Morgan fingerprint density at radius 2 is 2.27 bits per heavy atom. The van der Waals surface area contributed by atoms with Crippen LogP contribution in [0.15, 0.2) is 17.7 Å².